The number of hydrogen-bond acceptors (Lipinski definition) is 2. The van der Waals surface area contributed by atoms with Crippen LogP contribution in [-0.4, -0.2) is 25.3 Å². The average molecular weight is 141 g/mol. The highest BCUT2D eigenvalue weighted by Gasteiger charge is 2.46. The summed E-state index contributed by atoms with van der Waals surface area (Å²) in [7, 11) is 0. The van der Waals surface area contributed by atoms with Crippen LogP contribution in [-0.2, 0) is 4.74 Å². The number of hydrogen-bond donors (Lipinski definition) is 1. The minimum atomic E-state index is 0.565. The van der Waals surface area contributed by atoms with E-state index in [1.54, 1.807) is 0 Å². The molecule has 2 nitrogen and oxygen atoms in total. The van der Waals surface area contributed by atoms with Crippen molar-refractivity contribution in [1.29, 1.82) is 0 Å². The van der Waals surface area contributed by atoms with Crippen LogP contribution in [0.5, 0.6) is 0 Å². The molecule has 0 unspecified atom stereocenters. The second-order valence-corrected chi connectivity index (χ2v) is 4.15. The number of nitrogens with one attached hydrogen (secondary N) is 1. The molecule has 0 spiro atoms. The highest BCUT2D eigenvalue weighted by molar-refractivity contribution is 5.03. The molecule has 1 aliphatic heterocycles. The summed E-state index contributed by atoms with van der Waals surface area (Å²) in [5.74, 6) is 0. The standard InChI is InChI=1S/C8H15NO/c1-8(2)3-7(8)9-6-4-10-5-6/h6-7,9H,3-5H2,1-2H3/t7-/m0/s1. The molecule has 0 bridgehead atoms. The Morgan fingerprint density at radius 3 is 2.30 bits per heavy atom. The largest absolute Gasteiger partial charge is 0.378 e. The van der Waals surface area contributed by atoms with Crippen LogP contribution in [0.2, 0.25) is 0 Å². The highest BCUT2D eigenvalue weighted by atomic mass is 16.5. The van der Waals surface area contributed by atoms with Gasteiger partial charge in [-0.2, -0.15) is 0 Å². The quantitative estimate of drug-likeness (QED) is 0.613. The summed E-state index contributed by atoms with van der Waals surface area (Å²) < 4.78 is 5.07. The van der Waals surface area contributed by atoms with E-state index in [0.717, 1.165) is 19.3 Å². The van der Waals surface area contributed by atoms with E-state index in [-0.39, 0.29) is 0 Å². The Morgan fingerprint density at radius 2 is 2.00 bits per heavy atom. The second kappa shape index (κ2) is 1.95. The third-order valence-corrected chi connectivity index (χ3v) is 2.59. The number of ether oxygens (including phenoxy) is 1. The molecule has 10 heavy (non-hydrogen) atoms. The Balaban J connectivity index is 1.73. The molecule has 2 aliphatic rings. The van der Waals surface area contributed by atoms with Gasteiger partial charge in [0.05, 0.1) is 19.3 Å². The molecule has 1 aliphatic carbocycles. The van der Waals surface area contributed by atoms with E-state index in [1.807, 2.05) is 0 Å². The number of rotatable bonds is 2. The first-order valence-corrected chi connectivity index (χ1v) is 4.02. The van der Waals surface area contributed by atoms with Gasteiger partial charge in [0.25, 0.3) is 0 Å². The van der Waals surface area contributed by atoms with Gasteiger partial charge in [-0.15, -0.1) is 0 Å². The van der Waals surface area contributed by atoms with Gasteiger partial charge in [-0.1, -0.05) is 13.8 Å². The molecular weight excluding hydrogens is 126 g/mol. The van der Waals surface area contributed by atoms with Crippen molar-refractivity contribution in [2.24, 2.45) is 5.41 Å². The molecule has 1 saturated heterocycles. The van der Waals surface area contributed by atoms with Crippen LogP contribution in [0.1, 0.15) is 20.3 Å². The zero-order valence-electron chi connectivity index (χ0n) is 6.68. The summed E-state index contributed by atoms with van der Waals surface area (Å²) in [4.78, 5) is 0. The van der Waals surface area contributed by atoms with Gasteiger partial charge in [0, 0.05) is 6.04 Å². The fourth-order valence-corrected chi connectivity index (χ4v) is 1.37. The third kappa shape index (κ3) is 1.06. The fraction of sp³-hybridized carbons (Fsp3) is 1.00. The summed E-state index contributed by atoms with van der Waals surface area (Å²) in [5.41, 5.74) is 0.565. The lowest BCUT2D eigenvalue weighted by molar-refractivity contribution is -0.00701. The molecule has 1 saturated carbocycles. The molecule has 1 atom stereocenters. The molecule has 58 valence electrons. The Morgan fingerprint density at radius 1 is 1.40 bits per heavy atom. The SMILES string of the molecule is CC1(C)C[C@@H]1NC1COC1. The van der Waals surface area contributed by atoms with Crippen LogP contribution in [0.15, 0.2) is 0 Å². The smallest absolute Gasteiger partial charge is 0.0643 e. The van der Waals surface area contributed by atoms with Gasteiger partial charge in [-0.25, -0.2) is 0 Å². The molecule has 2 rings (SSSR count). The maximum absolute atomic E-state index is 5.07. The predicted octanol–water partition coefficient (Wildman–Crippen LogP) is 0.773. The topological polar surface area (TPSA) is 21.3 Å². The van der Waals surface area contributed by atoms with Crippen LogP contribution in [0, 0.1) is 5.41 Å². The first kappa shape index (κ1) is 6.62. The van der Waals surface area contributed by atoms with Gasteiger partial charge in [0.15, 0.2) is 0 Å². The van der Waals surface area contributed by atoms with E-state index in [4.69, 9.17) is 4.74 Å². The summed E-state index contributed by atoms with van der Waals surface area (Å²) >= 11 is 0. The van der Waals surface area contributed by atoms with Crippen LogP contribution in [0.25, 0.3) is 0 Å². The van der Waals surface area contributed by atoms with Crippen molar-refractivity contribution in [3.05, 3.63) is 0 Å². The van der Waals surface area contributed by atoms with E-state index < -0.39 is 0 Å². The Bertz CT molecular complexity index is 140. The lowest BCUT2D eigenvalue weighted by Crippen LogP contribution is -2.47. The van der Waals surface area contributed by atoms with Gasteiger partial charge >= 0.3 is 0 Å². The molecule has 2 heteroatoms. The second-order valence-electron chi connectivity index (χ2n) is 4.15. The maximum atomic E-state index is 5.07. The third-order valence-electron chi connectivity index (χ3n) is 2.59. The predicted molar refractivity (Wildman–Crippen MR) is 39.9 cm³/mol. The van der Waals surface area contributed by atoms with Gasteiger partial charge in [-0.05, 0) is 11.8 Å². The molecular formula is C8H15NO. The van der Waals surface area contributed by atoms with Crippen molar-refractivity contribution in [3.8, 4) is 0 Å². The summed E-state index contributed by atoms with van der Waals surface area (Å²) in [6.07, 6.45) is 1.34. The highest BCUT2D eigenvalue weighted by Crippen LogP contribution is 2.44. The molecule has 0 amide bonds. The summed E-state index contributed by atoms with van der Waals surface area (Å²) in [5, 5.41) is 3.56. The first-order valence-electron chi connectivity index (χ1n) is 4.02. The van der Waals surface area contributed by atoms with E-state index in [1.165, 1.54) is 6.42 Å². The summed E-state index contributed by atoms with van der Waals surface area (Å²) in [6.45, 7) is 6.47. The van der Waals surface area contributed by atoms with Gasteiger partial charge in [-0.3, -0.25) is 0 Å². The summed E-state index contributed by atoms with van der Waals surface area (Å²) in [6, 6.07) is 1.42. The van der Waals surface area contributed by atoms with Gasteiger partial charge in [0.1, 0.15) is 0 Å². The Hall–Kier alpha value is -0.0800. The fourth-order valence-electron chi connectivity index (χ4n) is 1.37. The van der Waals surface area contributed by atoms with E-state index in [2.05, 4.69) is 19.2 Å². The van der Waals surface area contributed by atoms with Crippen molar-refractivity contribution in [2.45, 2.75) is 32.4 Å². The first-order chi connectivity index (χ1) is 4.68. The van der Waals surface area contributed by atoms with E-state index in [0.29, 0.717) is 11.5 Å². The Labute approximate surface area is 61.9 Å². The minimum absolute atomic E-state index is 0.565. The van der Waals surface area contributed by atoms with Crippen LogP contribution >= 0.6 is 0 Å². The van der Waals surface area contributed by atoms with Crippen LogP contribution < -0.4 is 5.32 Å². The zero-order chi connectivity index (χ0) is 7.19. The molecule has 1 N–H and O–H groups in total. The monoisotopic (exact) mass is 141 g/mol. The molecule has 0 aromatic heterocycles. The van der Waals surface area contributed by atoms with Crippen LogP contribution in [0.4, 0.5) is 0 Å². The van der Waals surface area contributed by atoms with Crippen molar-refractivity contribution >= 4 is 0 Å². The van der Waals surface area contributed by atoms with Crippen molar-refractivity contribution < 1.29 is 4.74 Å². The van der Waals surface area contributed by atoms with Crippen molar-refractivity contribution in [2.75, 3.05) is 13.2 Å². The van der Waals surface area contributed by atoms with Crippen molar-refractivity contribution in [3.63, 3.8) is 0 Å². The van der Waals surface area contributed by atoms with E-state index in [9.17, 15) is 0 Å². The van der Waals surface area contributed by atoms with Crippen LogP contribution in [0.3, 0.4) is 0 Å². The minimum Gasteiger partial charge on any atom is -0.378 e. The van der Waals surface area contributed by atoms with E-state index >= 15 is 0 Å². The molecule has 2 fully saturated rings. The molecule has 0 radical (unpaired) electrons. The lowest BCUT2D eigenvalue weighted by atomic mass is 10.1. The molecule has 0 aromatic rings. The van der Waals surface area contributed by atoms with Gasteiger partial charge in [0.2, 0.25) is 0 Å². The molecule has 1 heterocycles. The normalized spacial score (nSPS) is 37.2. The lowest BCUT2D eigenvalue weighted by Gasteiger charge is -2.27. The molecule has 0 aromatic carbocycles. The van der Waals surface area contributed by atoms with Crippen molar-refractivity contribution in [1.82, 2.24) is 5.32 Å². The average Bonchev–Trinajstić information content (AvgIpc) is 2.29. The Kier molecular flexibility index (Phi) is 1.29. The zero-order valence-corrected chi connectivity index (χ0v) is 6.68. The maximum Gasteiger partial charge on any atom is 0.0643 e. The van der Waals surface area contributed by atoms with Gasteiger partial charge < -0.3 is 10.1 Å².